The Morgan fingerprint density at radius 1 is 1.24 bits per heavy atom. The SMILES string of the molecule is Cn1c(=O)n(CC(=O)N2CCC[C@@H]2Cn2cccn2)c2ccccc21. The van der Waals surface area contributed by atoms with Gasteiger partial charge in [0.15, 0.2) is 0 Å². The molecule has 1 aliphatic heterocycles. The Morgan fingerprint density at radius 3 is 2.80 bits per heavy atom. The molecule has 4 rings (SSSR count). The van der Waals surface area contributed by atoms with Crippen molar-refractivity contribution >= 4 is 16.9 Å². The molecule has 0 aliphatic carbocycles. The molecule has 3 heterocycles. The molecule has 1 fully saturated rings. The van der Waals surface area contributed by atoms with Gasteiger partial charge in [0.1, 0.15) is 6.54 Å². The average molecular weight is 339 g/mol. The maximum absolute atomic E-state index is 12.9. The van der Waals surface area contributed by atoms with Crippen LogP contribution in [0.1, 0.15) is 12.8 Å². The quantitative estimate of drug-likeness (QED) is 0.718. The number of likely N-dealkylation sites (tertiary alicyclic amines) is 1. The zero-order valence-electron chi connectivity index (χ0n) is 14.2. The first-order chi connectivity index (χ1) is 12.1. The molecule has 25 heavy (non-hydrogen) atoms. The number of rotatable bonds is 4. The van der Waals surface area contributed by atoms with Crippen molar-refractivity contribution in [2.24, 2.45) is 7.05 Å². The van der Waals surface area contributed by atoms with Crippen molar-refractivity contribution in [2.45, 2.75) is 32.0 Å². The topological polar surface area (TPSA) is 65.1 Å². The van der Waals surface area contributed by atoms with Crippen LogP contribution in [0, 0.1) is 0 Å². The lowest BCUT2D eigenvalue weighted by Gasteiger charge is -2.25. The highest BCUT2D eigenvalue weighted by Crippen LogP contribution is 2.20. The van der Waals surface area contributed by atoms with Crippen LogP contribution in [0.3, 0.4) is 0 Å². The monoisotopic (exact) mass is 339 g/mol. The van der Waals surface area contributed by atoms with Gasteiger partial charge in [0.05, 0.1) is 23.6 Å². The number of carbonyl (C=O) groups is 1. The van der Waals surface area contributed by atoms with Gasteiger partial charge in [-0.05, 0) is 31.0 Å². The second-order valence-corrected chi connectivity index (χ2v) is 6.53. The fourth-order valence-corrected chi connectivity index (χ4v) is 3.72. The van der Waals surface area contributed by atoms with Gasteiger partial charge < -0.3 is 4.90 Å². The van der Waals surface area contributed by atoms with E-state index in [-0.39, 0.29) is 24.2 Å². The van der Waals surface area contributed by atoms with Crippen LogP contribution < -0.4 is 5.69 Å². The van der Waals surface area contributed by atoms with Gasteiger partial charge in [-0.3, -0.25) is 18.6 Å². The van der Waals surface area contributed by atoms with Crippen LogP contribution in [-0.2, 0) is 24.9 Å². The summed E-state index contributed by atoms with van der Waals surface area (Å²) in [6.07, 6.45) is 5.62. The molecule has 3 aromatic rings. The van der Waals surface area contributed by atoms with E-state index >= 15 is 0 Å². The van der Waals surface area contributed by atoms with E-state index in [2.05, 4.69) is 5.10 Å². The maximum Gasteiger partial charge on any atom is 0.329 e. The summed E-state index contributed by atoms with van der Waals surface area (Å²) in [7, 11) is 1.74. The molecule has 1 aliphatic rings. The van der Waals surface area contributed by atoms with E-state index in [1.165, 1.54) is 0 Å². The Hall–Kier alpha value is -2.83. The highest BCUT2D eigenvalue weighted by molar-refractivity contribution is 5.81. The van der Waals surface area contributed by atoms with Crippen molar-refractivity contribution < 1.29 is 4.79 Å². The van der Waals surface area contributed by atoms with E-state index < -0.39 is 0 Å². The van der Waals surface area contributed by atoms with Crippen LogP contribution in [0.4, 0.5) is 0 Å². The second kappa shape index (κ2) is 6.23. The van der Waals surface area contributed by atoms with Crippen molar-refractivity contribution in [1.82, 2.24) is 23.8 Å². The summed E-state index contributed by atoms with van der Waals surface area (Å²) >= 11 is 0. The molecular formula is C18H21N5O2. The maximum atomic E-state index is 12.9. The zero-order valence-corrected chi connectivity index (χ0v) is 14.2. The highest BCUT2D eigenvalue weighted by atomic mass is 16.2. The van der Waals surface area contributed by atoms with E-state index in [0.717, 1.165) is 30.4 Å². The predicted octanol–water partition coefficient (Wildman–Crippen LogP) is 1.23. The molecule has 0 N–H and O–H groups in total. The van der Waals surface area contributed by atoms with Gasteiger partial charge in [0, 0.05) is 26.0 Å². The number of nitrogens with zero attached hydrogens (tertiary/aromatic N) is 5. The molecular weight excluding hydrogens is 318 g/mol. The molecule has 0 bridgehead atoms. The third-order valence-electron chi connectivity index (χ3n) is 5.00. The number of para-hydroxylation sites is 2. The molecule has 1 atom stereocenters. The van der Waals surface area contributed by atoms with E-state index in [4.69, 9.17) is 0 Å². The number of hydrogen-bond donors (Lipinski definition) is 0. The Bertz CT molecular complexity index is 954. The smallest absolute Gasteiger partial charge is 0.329 e. The summed E-state index contributed by atoms with van der Waals surface area (Å²) in [6, 6.07) is 9.59. The highest BCUT2D eigenvalue weighted by Gasteiger charge is 2.29. The first kappa shape index (κ1) is 15.7. The minimum Gasteiger partial charge on any atom is -0.336 e. The Kier molecular flexibility index (Phi) is 3.91. The van der Waals surface area contributed by atoms with Crippen molar-refractivity contribution in [1.29, 1.82) is 0 Å². The Morgan fingerprint density at radius 2 is 2.04 bits per heavy atom. The van der Waals surface area contributed by atoms with E-state index in [9.17, 15) is 9.59 Å². The first-order valence-electron chi connectivity index (χ1n) is 8.56. The van der Waals surface area contributed by atoms with Gasteiger partial charge in [-0.2, -0.15) is 5.10 Å². The average Bonchev–Trinajstić information content (AvgIpc) is 3.34. The van der Waals surface area contributed by atoms with Crippen LogP contribution >= 0.6 is 0 Å². The molecule has 1 aromatic carbocycles. The third kappa shape index (κ3) is 2.75. The van der Waals surface area contributed by atoms with E-state index in [1.807, 2.05) is 46.1 Å². The van der Waals surface area contributed by atoms with Crippen molar-refractivity contribution in [3.8, 4) is 0 Å². The van der Waals surface area contributed by atoms with E-state index in [1.54, 1.807) is 22.4 Å². The van der Waals surface area contributed by atoms with Gasteiger partial charge >= 0.3 is 5.69 Å². The second-order valence-electron chi connectivity index (χ2n) is 6.53. The third-order valence-corrected chi connectivity index (χ3v) is 5.00. The number of imidazole rings is 1. The molecule has 7 nitrogen and oxygen atoms in total. The minimum atomic E-state index is -0.155. The van der Waals surface area contributed by atoms with Gasteiger partial charge in [0.25, 0.3) is 0 Å². The first-order valence-corrected chi connectivity index (χ1v) is 8.56. The molecule has 7 heteroatoms. The number of hydrogen-bond acceptors (Lipinski definition) is 3. The van der Waals surface area contributed by atoms with Crippen molar-refractivity contribution in [2.75, 3.05) is 6.54 Å². The van der Waals surface area contributed by atoms with Crippen LogP contribution in [0.2, 0.25) is 0 Å². The van der Waals surface area contributed by atoms with Crippen LogP contribution in [-0.4, -0.2) is 42.3 Å². The lowest BCUT2D eigenvalue weighted by atomic mass is 10.2. The molecule has 2 aromatic heterocycles. The van der Waals surface area contributed by atoms with Crippen LogP contribution in [0.15, 0.2) is 47.5 Å². The predicted molar refractivity (Wildman–Crippen MR) is 94.1 cm³/mol. The molecule has 1 saturated heterocycles. The van der Waals surface area contributed by atoms with Crippen molar-refractivity contribution in [3.63, 3.8) is 0 Å². The molecule has 1 amide bonds. The number of benzene rings is 1. The summed E-state index contributed by atoms with van der Waals surface area (Å²) in [5.41, 5.74) is 1.48. The standard InChI is InChI=1S/C18H21N5O2/c1-20-15-7-2-3-8-16(15)23(18(20)25)13-17(24)22-11-4-6-14(22)12-21-10-5-9-19-21/h2-3,5,7-10,14H,4,6,11-13H2,1H3/t14-/m1/s1. The lowest BCUT2D eigenvalue weighted by Crippen LogP contribution is -2.41. The molecule has 130 valence electrons. The lowest BCUT2D eigenvalue weighted by molar-refractivity contribution is -0.132. The van der Waals surface area contributed by atoms with Gasteiger partial charge in [0.2, 0.25) is 5.91 Å². The van der Waals surface area contributed by atoms with Gasteiger partial charge in [-0.15, -0.1) is 0 Å². The fraction of sp³-hybridized carbons (Fsp3) is 0.389. The minimum absolute atomic E-state index is 0.00638. The van der Waals surface area contributed by atoms with Crippen LogP contribution in [0.5, 0.6) is 0 Å². The molecule has 0 unspecified atom stereocenters. The Labute approximate surface area is 145 Å². The Balaban J connectivity index is 1.58. The summed E-state index contributed by atoms with van der Waals surface area (Å²) in [5, 5.41) is 4.24. The van der Waals surface area contributed by atoms with Gasteiger partial charge in [-0.1, -0.05) is 12.1 Å². The number of aryl methyl sites for hydroxylation is 1. The summed E-state index contributed by atoms with van der Waals surface area (Å²) in [4.78, 5) is 27.3. The normalized spacial score (nSPS) is 17.5. The van der Waals surface area contributed by atoms with Crippen molar-refractivity contribution in [3.05, 3.63) is 53.2 Å². The molecule has 0 saturated carbocycles. The molecule has 0 radical (unpaired) electrons. The fourth-order valence-electron chi connectivity index (χ4n) is 3.72. The number of carbonyl (C=O) groups excluding carboxylic acids is 1. The summed E-state index contributed by atoms with van der Waals surface area (Å²) < 4.78 is 5.02. The zero-order chi connectivity index (χ0) is 17.4. The van der Waals surface area contributed by atoms with E-state index in [0.29, 0.717) is 6.54 Å². The molecule has 0 spiro atoms. The number of aromatic nitrogens is 4. The summed E-state index contributed by atoms with van der Waals surface area (Å²) in [5.74, 6) is -0.00638. The summed E-state index contributed by atoms with van der Waals surface area (Å²) in [6.45, 7) is 1.52. The number of amides is 1. The van der Waals surface area contributed by atoms with Gasteiger partial charge in [-0.25, -0.2) is 4.79 Å². The van der Waals surface area contributed by atoms with Crippen LogP contribution in [0.25, 0.3) is 11.0 Å². The largest absolute Gasteiger partial charge is 0.336 e. The number of fused-ring (bicyclic) bond motifs is 1.